The summed E-state index contributed by atoms with van der Waals surface area (Å²) in [7, 11) is -2.17. The maximum Gasteiger partial charge on any atom is 0.306 e. The van der Waals surface area contributed by atoms with E-state index in [1.54, 1.807) is 0 Å². The summed E-state index contributed by atoms with van der Waals surface area (Å²) in [6.07, 6.45) is 0.819. The highest BCUT2D eigenvalue weighted by Crippen LogP contribution is 2.17. The van der Waals surface area contributed by atoms with Gasteiger partial charge < -0.3 is 9.84 Å². The van der Waals surface area contributed by atoms with Crippen molar-refractivity contribution in [1.82, 2.24) is 9.03 Å². The number of hydrogen-bond acceptors (Lipinski definition) is 4. The fraction of sp³-hybridized carbons (Fsp3) is 0.909. The van der Waals surface area contributed by atoms with Crippen molar-refractivity contribution in [1.29, 1.82) is 0 Å². The molecule has 1 heterocycles. The lowest BCUT2D eigenvalue weighted by atomic mass is 10.0. The van der Waals surface area contributed by atoms with Crippen molar-refractivity contribution in [3.63, 3.8) is 0 Å². The van der Waals surface area contributed by atoms with Gasteiger partial charge in [-0.1, -0.05) is 6.92 Å². The van der Waals surface area contributed by atoms with Gasteiger partial charge in [0.05, 0.1) is 12.5 Å². The molecule has 0 bridgehead atoms. The lowest BCUT2D eigenvalue weighted by molar-refractivity contribution is -0.139. The number of carboxylic acid groups (broad SMARTS) is 1. The van der Waals surface area contributed by atoms with Crippen LogP contribution in [-0.2, 0) is 19.7 Å². The Morgan fingerprint density at radius 2 is 2.05 bits per heavy atom. The van der Waals surface area contributed by atoms with Crippen LogP contribution >= 0.6 is 0 Å². The maximum atomic E-state index is 12.0. The first-order chi connectivity index (χ1) is 8.85. The summed E-state index contributed by atoms with van der Waals surface area (Å²) in [5, 5.41) is 8.65. The minimum absolute atomic E-state index is 0.0306. The maximum absolute atomic E-state index is 12.0. The van der Waals surface area contributed by atoms with Gasteiger partial charge in [0.25, 0.3) is 10.2 Å². The molecule has 0 amide bonds. The number of nitrogens with zero attached hydrogens (tertiary/aromatic N) is 1. The second-order valence-corrected chi connectivity index (χ2v) is 6.65. The molecule has 1 aliphatic rings. The summed E-state index contributed by atoms with van der Waals surface area (Å²) in [5.41, 5.74) is 0. The molecule has 1 fully saturated rings. The van der Waals surface area contributed by atoms with Gasteiger partial charge >= 0.3 is 5.97 Å². The molecule has 1 atom stereocenters. The number of nitrogens with one attached hydrogen (secondary N) is 1. The molecule has 112 valence electrons. The molecule has 0 saturated carbocycles. The van der Waals surface area contributed by atoms with Crippen LogP contribution in [-0.4, -0.2) is 56.6 Å². The molecule has 8 heteroatoms. The van der Waals surface area contributed by atoms with Gasteiger partial charge in [-0.3, -0.25) is 4.79 Å². The van der Waals surface area contributed by atoms with E-state index in [4.69, 9.17) is 9.84 Å². The van der Waals surface area contributed by atoms with E-state index in [0.29, 0.717) is 19.0 Å². The Bertz CT molecular complexity index is 390. The lowest BCUT2D eigenvalue weighted by Crippen LogP contribution is -2.47. The zero-order valence-corrected chi connectivity index (χ0v) is 12.1. The average molecular weight is 294 g/mol. The van der Waals surface area contributed by atoms with Gasteiger partial charge in [-0.05, 0) is 18.8 Å². The molecule has 1 rings (SSSR count). The van der Waals surface area contributed by atoms with E-state index in [2.05, 4.69) is 11.6 Å². The molecule has 0 aromatic rings. The van der Waals surface area contributed by atoms with Gasteiger partial charge in [0.15, 0.2) is 0 Å². The van der Waals surface area contributed by atoms with E-state index >= 15 is 0 Å². The van der Waals surface area contributed by atoms with Crippen molar-refractivity contribution in [2.75, 3.05) is 26.7 Å². The molecule has 0 aromatic heterocycles. The number of hydrogen-bond donors (Lipinski definition) is 2. The lowest BCUT2D eigenvalue weighted by Gasteiger charge is -2.29. The SMILES string of the molecule is COC(CNS(=O)(=O)N1CCC(C)CC1)CC(=O)O. The van der Waals surface area contributed by atoms with Crippen molar-refractivity contribution in [2.24, 2.45) is 5.92 Å². The Morgan fingerprint density at radius 3 is 2.53 bits per heavy atom. The molecule has 19 heavy (non-hydrogen) atoms. The third-order valence-electron chi connectivity index (χ3n) is 3.31. The minimum atomic E-state index is -3.54. The van der Waals surface area contributed by atoms with E-state index in [1.807, 2.05) is 0 Å². The van der Waals surface area contributed by atoms with E-state index in [-0.39, 0.29) is 13.0 Å². The zero-order chi connectivity index (χ0) is 14.5. The number of rotatable bonds is 7. The number of carboxylic acids is 1. The molecule has 0 spiro atoms. The van der Waals surface area contributed by atoms with E-state index < -0.39 is 22.3 Å². The zero-order valence-electron chi connectivity index (χ0n) is 11.3. The molecule has 2 N–H and O–H groups in total. The second-order valence-electron chi connectivity index (χ2n) is 4.89. The van der Waals surface area contributed by atoms with Crippen molar-refractivity contribution < 1.29 is 23.1 Å². The first-order valence-corrected chi connectivity index (χ1v) is 7.78. The monoisotopic (exact) mass is 294 g/mol. The Balaban J connectivity index is 2.47. The Kier molecular flexibility index (Phi) is 6.18. The van der Waals surface area contributed by atoms with Crippen LogP contribution in [0.1, 0.15) is 26.2 Å². The minimum Gasteiger partial charge on any atom is -0.481 e. The second kappa shape index (κ2) is 7.18. The molecule has 0 aromatic carbocycles. The number of aliphatic carboxylic acids is 1. The van der Waals surface area contributed by atoms with Crippen LogP contribution in [0.15, 0.2) is 0 Å². The fourth-order valence-electron chi connectivity index (χ4n) is 1.95. The summed E-state index contributed by atoms with van der Waals surface area (Å²) >= 11 is 0. The first-order valence-electron chi connectivity index (χ1n) is 6.34. The third kappa shape index (κ3) is 5.43. The first kappa shape index (κ1) is 16.4. The van der Waals surface area contributed by atoms with Crippen LogP contribution in [0, 0.1) is 5.92 Å². The molecule has 7 nitrogen and oxygen atoms in total. The quantitative estimate of drug-likeness (QED) is 0.691. The predicted molar refractivity (Wildman–Crippen MR) is 69.9 cm³/mol. The average Bonchev–Trinajstić information content (AvgIpc) is 2.34. The van der Waals surface area contributed by atoms with Crippen LogP contribution in [0.5, 0.6) is 0 Å². The third-order valence-corrected chi connectivity index (χ3v) is 4.89. The summed E-state index contributed by atoms with van der Waals surface area (Å²) in [6.45, 7) is 3.09. The van der Waals surface area contributed by atoms with Crippen LogP contribution in [0.2, 0.25) is 0 Å². The molecule has 1 aliphatic heterocycles. The van der Waals surface area contributed by atoms with Gasteiger partial charge in [-0.2, -0.15) is 17.4 Å². The van der Waals surface area contributed by atoms with Crippen LogP contribution in [0.3, 0.4) is 0 Å². The van der Waals surface area contributed by atoms with Gasteiger partial charge in [-0.15, -0.1) is 0 Å². The highest BCUT2D eigenvalue weighted by Gasteiger charge is 2.27. The molecule has 1 saturated heterocycles. The van der Waals surface area contributed by atoms with E-state index in [9.17, 15) is 13.2 Å². The normalized spacial score (nSPS) is 20.3. The molecular formula is C11H22N2O5S. The highest BCUT2D eigenvalue weighted by atomic mass is 32.2. The Morgan fingerprint density at radius 1 is 1.47 bits per heavy atom. The van der Waals surface area contributed by atoms with E-state index in [0.717, 1.165) is 12.8 Å². The Hall–Kier alpha value is -0.700. The number of ether oxygens (including phenoxy) is 1. The highest BCUT2D eigenvalue weighted by molar-refractivity contribution is 7.87. The standard InChI is InChI=1S/C11H22N2O5S/c1-9-3-5-13(6-4-9)19(16,17)12-8-10(18-2)7-11(14)15/h9-10,12H,3-8H2,1-2H3,(H,14,15). The van der Waals surface area contributed by atoms with Crippen molar-refractivity contribution in [3.05, 3.63) is 0 Å². The largest absolute Gasteiger partial charge is 0.481 e. The summed E-state index contributed by atoms with van der Waals surface area (Å²) in [4.78, 5) is 10.6. The summed E-state index contributed by atoms with van der Waals surface area (Å²) < 4.78 is 32.8. The Labute approximate surface area is 114 Å². The van der Waals surface area contributed by atoms with Gasteiger partial charge in [0, 0.05) is 26.7 Å². The molecule has 1 unspecified atom stereocenters. The smallest absolute Gasteiger partial charge is 0.306 e. The molecule has 0 radical (unpaired) electrons. The topological polar surface area (TPSA) is 95.9 Å². The van der Waals surface area contributed by atoms with Crippen molar-refractivity contribution in [2.45, 2.75) is 32.3 Å². The van der Waals surface area contributed by atoms with Gasteiger partial charge in [0.1, 0.15) is 0 Å². The number of piperidine rings is 1. The van der Waals surface area contributed by atoms with Gasteiger partial charge in [-0.25, -0.2) is 0 Å². The number of methoxy groups -OCH3 is 1. The summed E-state index contributed by atoms with van der Waals surface area (Å²) in [5.74, 6) is -0.469. The molecular weight excluding hydrogens is 272 g/mol. The van der Waals surface area contributed by atoms with Gasteiger partial charge in [0.2, 0.25) is 0 Å². The molecule has 0 aliphatic carbocycles. The van der Waals surface area contributed by atoms with Crippen LogP contribution < -0.4 is 4.72 Å². The predicted octanol–water partition coefficient (Wildman–Crippen LogP) is 0.0424. The van der Waals surface area contributed by atoms with Crippen molar-refractivity contribution >= 4 is 16.2 Å². The number of carbonyl (C=O) groups is 1. The van der Waals surface area contributed by atoms with Crippen LogP contribution in [0.25, 0.3) is 0 Å². The summed E-state index contributed by atoms with van der Waals surface area (Å²) in [6, 6.07) is 0. The van der Waals surface area contributed by atoms with E-state index in [1.165, 1.54) is 11.4 Å². The van der Waals surface area contributed by atoms with Crippen LogP contribution in [0.4, 0.5) is 0 Å². The van der Waals surface area contributed by atoms with Crippen molar-refractivity contribution in [3.8, 4) is 0 Å². The fourth-order valence-corrected chi connectivity index (χ4v) is 3.22.